The van der Waals surface area contributed by atoms with Gasteiger partial charge < -0.3 is 14.2 Å². The van der Waals surface area contributed by atoms with Crippen LogP contribution in [0.4, 0.5) is 10.1 Å². The molecule has 1 aliphatic carbocycles. The summed E-state index contributed by atoms with van der Waals surface area (Å²) < 4.78 is 31.4. The molecule has 0 N–H and O–H groups in total. The molecule has 194 valence electrons. The van der Waals surface area contributed by atoms with E-state index in [0.29, 0.717) is 28.3 Å². The van der Waals surface area contributed by atoms with Crippen LogP contribution in [0.5, 0.6) is 11.5 Å². The number of halogens is 1. The molecule has 1 aromatic heterocycles. The van der Waals surface area contributed by atoms with Crippen LogP contribution in [0.25, 0.3) is 0 Å². The van der Waals surface area contributed by atoms with E-state index in [1.165, 1.54) is 28.4 Å². The van der Waals surface area contributed by atoms with E-state index in [-0.39, 0.29) is 37.8 Å². The van der Waals surface area contributed by atoms with E-state index in [2.05, 4.69) is 0 Å². The summed E-state index contributed by atoms with van der Waals surface area (Å²) in [6.45, 7) is 1.92. The smallest absolute Gasteiger partial charge is 0.317 e. The molecule has 0 bridgehead atoms. The van der Waals surface area contributed by atoms with Gasteiger partial charge in [0.1, 0.15) is 11.7 Å². The number of carbonyl (C=O) groups is 3. The van der Waals surface area contributed by atoms with Crippen LogP contribution in [0.3, 0.4) is 0 Å². The molecule has 38 heavy (non-hydrogen) atoms. The van der Waals surface area contributed by atoms with Gasteiger partial charge in [-0.1, -0.05) is 24.3 Å². The average Bonchev–Trinajstić information content (AvgIpc) is 3.61. The summed E-state index contributed by atoms with van der Waals surface area (Å²) in [5.74, 6) is -3.04. The minimum Gasteiger partial charge on any atom is -0.465 e. The summed E-state index contributed by atoms with van der Waals surface area (Å²) in [4.78, 5) is 43.4. The quantitative estimate of drug-likeness (QED) is 0.326. The summed E-state index contributed by atoms with van der Waals surface area (Å²) in [6, 6.07) is 15.1. The largest absolute Gasteiger partial charge is 0.465 e. The lowest BCUT2D eigenvalue weighted by atomic mass is 9.69. The number of ketones is 1. The fraction of sp³-hybridized carbons (Fsp3) is 0.276. The van der Waals surface area contributed by atoms with Gasteiger partial charge in [-0.15, -0.1) is 11.3 Å². The molecular formula is C29H24FNO6S. The lowest BCUT2D eigenvalue weighted by molar-refractivity contribution is -0.152. The number of ether oxygens (including phenoxy) is 3. The Hall–Kier alpha value is -3.98. The first-order chi connectivity index (χ1) is 18.5. The van der Waals surface area contributed by atoms with E-state index in [9.17, 15) is 14.4 Å². The second-order valence-corrected chi connectivity index (χ2v) is 10.3. The van der Waals surface area contributed by atoms with Gasteiger partial charge in [0.2, 0.25) is 12.7 Å². The Morgan fingerprint density at radius 1 is 1.08 bits per heavy atom. The molecular weight excluding hydrogens is 509 g/mol. The van der Waals surface area contributed by atoms with Crippen molar-refractivity contribution in [2.75, 3.05) is 18.3 Å². The number of anilines is 1. The molecule has 3 aliphatic rings. The van der Waals surface area contributed by atoms with Gasteiger partial charge in [-0.05, 0) is 54.6 Å². The minimum atomic E-state index is -1.07. The zero-order valence-corrected chi connectivity index (χ0v) is 21.3. The molecule has 2 aromatic carbocycles. The number of para-hydroxylation sites is 1. The van der Waals surface area contributed by atoms with Gasteiger partial charge in [0, 0.05) is 34.4 Å². The highest BCUT2D eigenvalue weighted by Crippen LogP contribution is 2.51. The first-order valence-electron chi connectivity index (χ1n) is 12.4. The second-order valence-electron chi connectivity index (χ2n) is 9.33. The van der Waals surface area contributed by atoms with Crippen LogP contribution in [-0.4, -0.2) is 31.1 Å². The highest BCUT2D eigenvalue weighted by molar-refractivity contribution is 7.10. The fourth-order valence-corrected chi connectivity index (χ4v) is 6.49. The number of benzene rings is 2. The van der Waals surface area contributed by atoms with Crippen LogP contribution in [0.1, 0.15) is 42.0 Å². The number of thiophene rings is 1. The van der Waals surface area contributed by atoms with E-state index < -0.39 is 35.3 Å². The molecule has 0 saturated heterocycles. The fourth-order valence-electron chi connectivity index (χ4n) is 5.63. The normalized spacial score (nSPS) is 22.5. The number of rotatable bonds is 5. The van der Waals surface area contributed by atoms with Crippen LogP contribution in [0.2, 0.25) is 0 Å². The average molecular weight is 534 g/mol. The minimum absolute atomic E-state index is 0.0717. The molecule has 0 fully saturated rings. The van der Waals surface area contributed by atoms with E-state index in [0.717, 1.165) is 4.88 Å². The zero-order chi connectivity index (χ0) is 26.4. The van der Waals surface area contributed by atoms with Gasteiger partial charge in [0.25, 0.3) is 0 Å². The third kappa shape index (κ3) is 3.98. The standard InChI is InChI=1S/C29H24FNO6S/c1-2-35-29(34)27-18(24-8-5-11-38-24)13-21-26(28(27)33)17(16-9-10-22-23(12-16)37-15-36-22)14-25(32)31(21)20-7-4-3-6-19(20)30/h3-12,17-18,27H,2,13-15H2,1H3. The van der Waals surface area contributed by atoms with Crippen molar-refractivity contribution in [2.24, 2.45) is 5.92 Å². The lowest BCUT2D eigenvalue weighted by Crippen LogP contribution is -2.46. The third-order valence-corrected chi connectivity index (χ3v) is 8.27. The van der Waals surface area contributed by atoms with Crippen molar-refractivity contribution in [1.29, 1.82) is 0 Å². The zero-order valence-electron chi connectivity index (χ0n) is 20.5. The van der Waals surface area contributed by atoms with Crippen LogP contribution in [-0.2, 0) is 19.1 Å². The summed E-state index contributed by atoms with van der Waals surface area (Å²) in [6.07, 6.45) is 0.129. The SMILES string of the molecule is CCOC(=O)C1C(=O)C2=C(CC1c1cccs1)N(c1ccccc1F)C(=O)CC2c1ccc2c(c1)OCO2. The van der Waals surface area contributed by atoms with Crippen LogP contribution in [0, 0.1) is 11.7 Å². The van der Waals surface area contributed by atoms with Gasteiger partial charge in [0.15, 0.2) is 17.3 Å². The molecule has 6 rings (SSSR count). The maximum atomic E-state index is 15.0. The van der Waals surface area contributed by atoms with Crippen LogP contribution >= 0.6 is 11.3 Å². The molecule has 9 heteroatoms. The Morgan fingerprint density at radius 3 is 2.66 bits per heavy atom. The Kier molecular flexibility index (Phi) is 6.23. The molecule has 3 heterocycles. The van der Waals surface area contributed by atoms with E-state index >= 15 is 4.39 Å². The number of allylic oxidation sites excluding steroid dienone is 2. The topological polar surface area (TPSA) is 82.1 Å². The molecule has 0 spiro atoms. The molecule has 2 aliphatic heterocycles. The molecule has 1 amide bonds. The number of Topliss-reactive ketones (excluding diaryl/α,β-unsaturated/α-hetero) is 1. The van der Waals surface area contributed by atoms with Gasteiger partial charge in [0.05, 0.1) is 12.3 Å². The first-order valence-corrected chi connectivity index (χ1v) is 13.3. The number of fused-ring (bicyclic) bond motifs is 1. The number of nitrogens with zero attached hydrogens (tertiary/aromatic N) is 1. The number of esters is 1. The van der Waals surface area contributed by atoms with Crippen LogP contribution < -0.4 is 14.4 Å². The number of hydrogen-bond donors (Lipinski definition) is 0. The third-order valence-electron chi connectivity index (χ3n) is 7.26. The molecule has 0 saturated carbocycles. The number of hydrogen-bond acceptors (Lipinski definition) is 7. The highest BCUT2D eigenvalue weighted by Gasteiger charge is 2.50. The van der Waals surface area contributed by atoms with Crippen molar-refractivity contribution in [2.45, 2.75) is 31.6 Å². The van der Waals surface area contributed by atoms with Crippen molar-refractivity contribution < 1.29 is 33.0 Å². The van der Waals surface area contributed by atoms with Crippen molar-refractivity contribution in [3.63, 3.8) is 0 Å². The maximum absolute atomic E-state index is 15.0. The Bertz CT molecular complexity index is 1470. The summed E-state index contributed by atoms with van der Waals surface area (Å²) >= 11 is 1.43. The molecule has 0 radical (unpaired) electrons. The van der Waals surface area contributed by atoms with Gasteiger partial charge in [-0.25, -0.2) is 4.39 Å². The molecule has 3 atom stereocenters. The highest BCUT2D eigenvalue weighted by atomic mass is 32.1. The first kappa shape index (κ1) is 24.4. The van der Waals surface area contributed by atoms with E-state index in [1.807, 2.05) is 17.5 Å². The van der Waals surface area contributed by atoms with Crippen molar-refractivity contribution >= 4 is 34.7 Å². The summed E-state index contributed by atoms with van der Waals surface area (Å²) in [7, 11) is 0. The predicted molar refractivity (Wildman–Crippen MR) is 138 cm³/mol. The van der Waals surface area contributed by atoms with Gasteiger partial charge in [-0.2, -0.15) is 0 Å². The molecule has 3 aromatic rings. The van der Waals surface area contributed by atoms with Crippen molar-refractivity contribution in [3.8, 4) is 11.5 Å². The van der Waals surface area contributed by atoms with Crippen LogP contribution in [0.15, 0.2) is 71.2 Å². The van der Waals surface area contributed by atoms with Gasteiger partial charge >= 0.3 is 5.97 Å². The summed E-state index contributed by atoms with van der Waals surface area (Å²) in [5, 5.41) is 1.88. The van der Waals surface area contributed by atoms with Gasteiger partial charge in [-0.3, -0.25) is 19.3 Å². The monoisotopic (exact) mass is 533 g/mol. The number of amides is 1. The Morgan fingerprint density at radius 2 is 1.89 bits per heavy atom. The summed E-state index contributed by atoms with van der Waals surface area (Å²) in [5.41, 5.74) is 1.52. The van der Waals surface area contributed by atoms with Crippen molar-refractivity contribution in [3.05, 3.63) is 87.5 Å². The lowest BCUT2D eigenvalue weighted by Gasteiger charge is -2.42. The maximum Gasteiger partial charge on any atom is 0.317 e. The van der Waals surface area contributed by atoms with E-state index in [1.54, 1.807) is 37.3 Å². The van der Waals surface area contributed by atoms with E-state index in [4.69, 9.17) is 14.2 Å². The molecule has 7 nitrogen and oxygen atoms in total. The number of carbonyl (C=O) groups excluding carboxylic acids is 3. The molecule has 3 unspecified atom stereocenters. The Balaban J connectivity index is 1.55. The van der Waals surface area contributed by atoms with Crippen molar-refractivity contribution in [1.82, 2.24) is 0 Å². The predicted octanol–water partition coefficient (Wildman–Crippen LogP) is 5.33. The Labute approximate surface area is 222 Å². The second kappa shape index (κ2) is 9.72.